The molecule has 1 aromatic carbocycles. The number of aromatic nitrogens is 2. The maximum Gasteiger partial charge on any atom is 0.358 e. The number of carbonyl (C=O) groups excluding carboxylic acids is 1. The molecule has 19 heavy (non-hydrogen) atoms. The molecule has 1 N–H and O–H groups in total. The molecule has 2 rings (SSSR count). The van der Waals surface area contributed by atoms with Gasteiger partial charge in [-0.05, 0) is 12.1 Å². The largest absolute Gasteiger partial charge is 0.495 e. The van der Waals surface area contributed by atoms with Crippen molar-refractivity contribution in [2.24, 2.45) is 0 Å². The van der Waals surface area contributed by atoms with E-state index in [0.717, 1.165) is 5.69 Å². The number of ether oxygens (including phenoxy) is 2. The number of carbonyl (C=O) groups is 1. The van der Waals surface area contributed by atoms with E-state index in [4.69, 9.17) is 4.74 Å². The molecule has 0 saturated carbocycles. The Morgan fingerprint density at radius 2 is 2.00 bits per heavy atom. The second-order valence-electron chi connectivity index (χ2n) is 3.61. The third-order valence-corrected chi connectivity index (χ3v) is 2.40. The molecule has 0 saturated heterocycles. The summed E-state index contributed by atoms with van der Waals surface area (Å²) in [6.45, 7) is 0. The summed E-state index contributed by atoms with van der Waals surface area (Å²) in [6.07, 6.45) is 2.86. The van der Waals surface area contributed by atoms with Crippen molar-refractivity contribution in [2.75, 3.05) is 19.5 Å². The summed E-state index contributed by atoms with van der Waals surface area (Å²) in [7, 11) is 2.88. The van der Waals surface area contributed by atoms with Crippen molar-refractivity contribution in [3.8, 4) is 5.75 Å². The van der Waals surface area contributed by atoms with Gasteiger partial charge in [0.2, 0.25) is 0 Å². The average molecular weight is 259 g/mol. The zero-order valence-corrected chi connectivity index (χ0v) is 10.6. The number of nitrogens with one attached hydrogen (secondary N) is 1. The first kappa shape index (κ1) is 12.8. The number of para-hydroxylation sites is 2. The minimum Gasteiger partial charge on any atom is -0.495 e. The Balaban J connectivity index is 2.26. The molecule has 0 bridgehead atoms. The molecule has 0 radical (unpaired) electrons. The van der Waals surface area contributed by atoms with Gasteiger partial charge in [0.15, 0.2) is 5.69 Å². The van der Waals surface area contributed by atoms with E-state index in [1.54, 1.807) is 7.11 Å². The molecular weight excluding hydrogens is 246 g/mol. The second-order valence-corrected chi connectivity index (χ2v) is 3.61. The zero-order valence-electron chi connectivity index (χ0n) is 10.6. The van der Waals surface area contributed by atoms with Crippen LogP contribution in [0.2, 0.25) is 0 Å². The van der Waals surface area contributed by atoms with Crippen molar-refractivity contribution in [3.05, 3.63) is 42.4 Å². The molecule has 0 aliphatic carbocycles. The smallest absolute Gasteiger partial charge is 0.358 e. The lowest BCUT2D eigenvalue weighted by atomic mass is 10.3. The highest BCUT2D eigenvalue weighted by Gasteiger charge is 2.09. The van der Waals surface area contributed by atoms with Crippen LogP contribution in [0.1, 0.15) is 10.5 Å². The first-order valence-corrected chi connectivity index (χ1v) is 5.55. The summed E-state index contributed by atoms with van der Waals surface area (Å²) in [4.78, 5) is 19.4. The predicted molar refractivity (Wildman–Crippen MR) is 69.6 cm³/mol. The average Bonchev–Trinajstić information content (AvgIpc) is 2.47. The monoisotopic (exact) mass is 259 g/mol. The third-order valence-electron chi connectivity index (χ3n) is 2.40. The van der Waals surface area contributed by atoms with Crippen LogP contribution in [0.4, 0.5) is 11.5 Å². The SMILES string of the molecule is COC(=O)c1cncc(Nc2ccccc2OC)n1. The minimum atomic E-state index is -0.531. The van der Waals surface area contributed by atoms with Gasteiger partial charge in [-0.1, -0.05) is 12.1 Å². The van der Waals surface area contributed by atoms with Crippen LogP contribution in [-0.2, 0) is 4.74 Å². The molecule has 1 heterocycles. The van der Waals surface area contributed by atoms with Gasteiger partial charge in [0.1, 0.15) is 11.6 Å². The Hall–Kier alpha value is -2.63. The van der Waals surface area contributed by atoms with Crippen molar-refractivity contribution >= 4 is 17.5 Å². The van der Waals surface area contributed by atoms with E-state index in [2.05, 4.69) is 20.0 Å². The van der Waals surface area contributed by atoms with Gasteiger partial charge in [-0.3, -0.25) is 4.98 Å². The van der Waals surface area contributed by atoms with Crippen molar-refractivity contribution in [2.45, 2.75) is 0 Å². The predicted octanol–water partition coefficient (Wildman–Crippen LogP) is 2.02. The lowest BCUT2D eigenvalue weighted by Crippen LogP contribution is -2.07. The lowest BCUT2D eigenvalue weighted by Gasteiger charge is -2.10. The highest BCUT2D eigenvalue weighted by molar-refractivity contribution is 5.87. The maximum absolute atomic E-state index is 11.4. The maximum atomic E-state index is 11.4. The molecule has 6 nitrogen and oxygen atoms in total. The highest BCUT2D eigenvalue weighted by Crippen LogP contribution is 2.25. The normalized spacial score (nSPS) is 9.79. The number of hydrogen-bond donors (Lipinski definition) is 1. The molecular formula is C13H13N3O3. The van der Waals surface area contributed by atoms with Gasteiger partial charge in [0.25, 0.3) is 0 Å². The molecule has 1 aromatic heterocycles. The molecule has 0 unspecified atom stereocenters. The number of rotatable bonds is 4. The van der Waals surface area contributed by atoms with Crippen LogP contribution in [-0.4, -0.2) is 30.2 Å². The van der Waals surface area contributed by atoms with Crippen LogP contribution in [0.15, 0.2) is 36.7 Å². The molecule has 0 fully saturated rings. The summed E-state index contributed by atoms with van der Waals surface area (Å²) < 4.78 is 9.81. The molecule has 0 aliphatic rings. The van der Waals surface area contributed by atoms with Crippen LogP contribution in [0.3, 0.4) is 0 Å². The van der Waals surface area contributed by atoms with E-state index in [0.29, 0.717) is 11.6 Å². The fourth-order valence-electron chi connectivity index (χ4n) is 1.52. The van der Waals surface area contributed by atoms with Crippen LogP contribution < -0.4 is 10.1 Å². The quantitative estimate of drug-likeness (QED) is 0.847. The molecule has 0 atom stereocenters. The Bertz CT molecular complexity index is 587. The molecule has 0 spiro atoms. The van der Waals surface area contributed by atoms with Gasteiger partial charge < -0.3 is 14.8 Å². The van der Waals surface area contributed by atoms with Crippen LogP contribution in [0, 0.1) is 0 Å². The van der Waals surface area contributed by atoms with Gasteiger partial charge in [0, 0.05) is 0 Å². The number of benzene rings is 1. The van der Waals surface area contributed by atoms with Crippen LogP contribution in [0.25, 0.3) is 0 Å². The summed E-state index contributed by atoms with van der Waals surface area (Å²) >= 11 is 0. The Kier molecular flexibility index (Phi) is 3.92. The molecule has 0 amide bonds. The van der Waals surface area contributed by atoms with Gasteiger partial charge in [-0.2, -0.15) is 0 Å². The van der Waals surface area contributed by atoms with Gasteiger partial charge in [0.05, 0.1) is 32.3 Å². The third kappa shape index (κ3) is 2.98. The van der Waals surface area contributed by atoms with Crippen molar-refractivity contribution in [3.63, 3.8) is 0 Å². The summed E-state index contributed by atoms with van der Waals surface area (Å²) in [6, 6.07) is 7.38. The molecule has 98 valence electrons. The van der Waals surface area contributed by atoms with Gasteiger partial charge >= 0.3 is 5.97 Å². The number of hydrogen-bond acceptors (Lipinski definition) is 6. The van der Waals surface area contributed by atoms with Crippen LogP contribution in [0.5, 0.6) is 5.75 Å². The van der Waals surface area contributed by atoms with Crippen molar-refractivity contribution in [1.29, 1.82) is 0 Å². The fraction of sp³-hybridized carbons (Fsp3) is 0.154. The zero-order chi connectivity index (χ0) is 13.7. The van der Waals surface area contributed by atoms with Gasteiger partial charge in [-0.15, -0.1) is 0 Å². The summed E-state index contributed by atoms with van der Waals surface area (Å²) in [5.41, 5.74) is 0.878. The van der Waals surface area contributed by atoms with Crippen LogP contribution >= 0.6 is 0 Å². The van der Waals surface area contributed by atoms with Gasteiger partial charge in [-0.25, -0.2) is 9.78 Å². The number of anilines is 2. The topological polar surface area (TPSA) is 73.3 Å². The van der Waals surface area contributed by atoms with E-state index < -0.39 is 5.97 Å². The van der Waals surface area contributed by atoms with Crippen molar-refractivity contribution < 1.29 is 14.3 Å². The Morgan fingerprint density at radius 1 is 1.21 bits per heavy atom. The van der Waals surface area contributed by atoms with E-state index in [9.17, 15) is 4.79 Å². The first-order valence-electron chi connectivity index (χ1n) is 5.55. The van der Waals surface area contributed by atoms with E-state index in [1.165, 1.54) is 19.5 Å². The Labute approximate surface area is 110 Å². The lowest BCUT2D eigenvalue weighted by molar-refractivity contribution is 0.0593. The van der Waals surface area contributed by atoms with E-state index in [-0.39, 0.29) is 5.69 Å². The molecule has 2 aromatic rings. The second kappa shape index (κ2) is 5.81. The summed E-state index contributed by atoms with van der Waals surface area (Å²) in [5, 5.41) is 3.04. The standard InChI is InChI=1S/C13H13N3O3/c1-18-11-6-4-3-5-9(11)15-12-8-14-7-10(16-12)13(17)19-2/h3-8H,1-2H3,(H,15,16). The van der Waals surface area contributed by atoms with E-state index >= 15 is 0 Å². The highest BCUT2D eigenvalue weighted by atomic mass is 16.5. The number of esters is 1. The summed E-state index contributed by atoms with van der Waals surface area (Å²) in [5.74, 6) is 0.580. The first-order chi connectivity index (χ1) is 9.24. The Morgan fingerprint density at radius 3 is 2.74 bits per heavy atom. The molecule has 6 heteroatoms. The number of methoxy groups -OCH3 is 2. The van der Waals surface area contributed by atoms with E-state index in [1.807, 2.05) is 24.3 Å². The van der Waals surface area contributed by atoms with Crippen molar-refractivity contribution in [1.82, 2.24) is 9.97 Å². The number of nitrogens with zero attached hydrogens (tertiary/aromatic N) is 2. The fourth-order valence-corrected chi connectivity index (χ4v) is 1.52. The minimum absolute atomic E-state index is 0.141. The molecule has 0 aliphatic heterocycles.